The summed E-state index contributed by atoms with van der Waals surface area (Å²) >= 11 is 1.61. The number of hydrogen-bond acceptors (Lipinski definition) is 4. The van der Waals surface area contributed by atoms with E-state index in [1.165, 1.54) is 0 Å². The van der Waals surface area contributed by atoms with Gasteiger partial charge in [0.15, 0.2) is 0 Å². The molecule has 0 saturated heterocycles. The molecule has 1 aromatic rings. The zero-order valence-electron chi connectivity index (χ0n) is 11.2. The predicted molar refractivity (Wildman–Crippen MR) is 78.2 cm³/mol. The van der Waals surface area contributed by atoms with Crippen LogP contribution in [0, 0.1) is 11.3 Å². The highest BCUT2D eigenvalue weighted by Gasteiger charge is 2.13. The maximum Gasteiger partial charge on any atom is 0.237 e. The van der Waals surface area contributed by atoms with Crippen LogP contribution >= 0.6 is 11.8 Å². The van der Waals surface area contributed by atoms with Crippen molar-refractivity contribution in [2.24, 2.45) is 0 Å². The summed E-state index contributed by atoms with van der Waals surface area (Å²) in [5.74, 6) is 0.877. The molecular weight excluding hydrogens is 260 g/mol. The van der Waals surface area contributed by atoms with E-state index in [0.29, 0.717) is 11.3 Å². The van der Waals surface area contributed by atoms with Crippen LogP contribution in [-0.4, -0.2) is 30.6 Å². The maximum atomic E-state index is 11.9. The first kappa shape index (κ1) is 15.5. The molecule has 102 valence electrons. The lowest BCUT2D eigenvalue weighted by molar-refractivity contribution is -0.115. The number of methoxy groups -OCH3 is 1. The second kappa shape index (κ2) is 8.57. The molecule has 1 aromatic carbocycles. The molecule has 1 amide bonds. The number of anilines is 1. The summed E-state index contributed by atoms with van der Waals surface area (Å²) in [7, 11) is 1.67. The average molecular weight is 278 g/mol. The van der Waals surface area contributed by atoms with Crippen LogP contribution in [0.3, 0.4) is 0 Å². The molecule has 1 rings (SSSR count). The Morgan fingerprint density at radius 2 is 2.16 bits per heavy atom. The van der Waals surface area contributed by atoms with Gasteiger partial charge in [0.1, 0.15) is 0 Å². The van der Waals surface area contributed by atoms with Gasteiger partial charge in [0.05, 0.1) is 16.9 Å². The summed E-state index contributed by atoms with van der Waals surface area (Å²) in [6.45, 7) is 2.60. The molecule has 0 bridgehead atoms. The van der Waals surface area contributed by atoms with Gasteiger partial charge < -0.3 is 10.1 Å². The van der Waals surface area contributed by atoms with Crippen molar-refractivity contribution in [3.63, 3.8) is 0 Å². The zero-order valence-corrected chi connectivity index (χ0v) is 12.0. The Hall–Kier alpha value is -1.51. The SMILES string of the molecule is COCCCSC(C)C(=O)Nc1ccc(C#N)cc1. The smallest absolute Gasteiger partial charge is 0.237 e. The van der Waals surface area contributed by atoms with E-state index in [4.69, 9.17) is 10.00 Å². The molecule has 0 radical (unpaired) electrons. The lowest BCUT2D eigenvalue weighted by atomic mass is 10.2. The summed E-state index contributed by atoms with van der Waals surface area (Å²) in [5, 5.41) is 11.4. The summed E-state index contributed by atoms with van der Waals surface area (Å²) in [5.41, 5.74) is 1.30. The molecule has 0 heterocycles. The quantitative estimate of drug-likeness (QED) is 0.779. The van der Waals surface area contributed by atoms with Crippen LogP contribution in [0.4, 0.5) is 5.69 Å². The first-order valence-corrected chi connectivity index (χ1v) is 7.14. The molecule has 4 nitrogen and oxygen atoms in total. The van der Waals surface area contributed by atoms with Crippen LogP contribution in [0.2, 0.25) is 0 Å². The monoisotopic (exact) mass is 278 g/mol. The van der Waals surface area contributed by atoms with Crippen molar-refractivity contribution >= 4 is 23.4 Å². The zero-order chi connectivity index (χ0) is 14.1. The molecule has 1 unspecified atom stereocenters. The number of amides is 1. The van der Waals surface area contributed by atoms with Crippen LogP contribution < -0.4 is 5.32 Å². The van der Waals surface area contributed by atoms with Crippen molar-refractivity contribution in [1.82, 2.24) is 0 Å². The number of nitrogens with one attached hydrogen (secondary N) is 1. The number of ether oxygens (including phenoxy) is 1. The number of hydrogen-bond donors (Lipinski definition) is 1. The number of rotatable bonds is 7. The van der Waals surface area contributed by atoms with E-state index in [1.807, 2.05) is 13.0 Å². The van der Waals surface area contributed by atoms with Crippen molar-refractivity contribution in [3.8, 4) is 6.07 Å². The Morgan fingerprint density at radius 1 is 1.47 bits per heavy atom. The average Bonchev–Trinajstić information content (AvgIpc) is 2.44. The maximum absolute atomic E-state index is 11.9. The second-order valence-electron chi connectivity index (χ2n) is 4.04. The van der Waals surface area contributed by atoms with Gasteiger partial charge in [-0.25, -0.2) is 0 Å². The third-order valence-electron chi connectivity index (χ3n) is 2.51. The number of benzene rings is 1. The minimum atomic E-state index is -0.104. The van der Waals surface area contributed by atoms with Crippen LogP contribution in [0.15, 0.2) is 24.3 Å². The van der Waals surface area contributed by atoms with Crippen molar-refractivity contribution in [2.45, 2.75) is 18.6 Å². The van der Waals surface area contributed by atoms with Crippen molar-refractivity contribution < 1.29 is 9.53 Å². The number of carbonyl (C=O) groups excluding carboxylic acids is 1. The van der Waals surface area contributed by atoms with Gasteiger partial charge in [0, 0.05) is 19.4 Å². The Labute approximate surface area is 118 Å². The molecule has 0 aliphatic carbocycles. The molecule has 0 fully saturated rings. The Kier molecular flexibility index (Phi) is 7.01. The summed E-state index contributed by atoms with van der Waals surface area (Å²) in [6.07, 6.45) is 0.940. The van der Waals surface area contributed by atoms with Gasteiger partial charge >= 0.3 is 0 Å². The number of nitriles is 1. The summed E-state index contributed by atoms with van der Waals surface area (Å²) in [6, 6.07) is 8.88. The standard InChI is InChI=1S/C14H18N2O2S/c1-11(19-9-3-8-18-2)14(17)16-13-6-4-12(10-15)5-7-13/h4-7,11H,3,8-9H2,1-2H3,(H,16,17). The first-order valence-electron chi connectivity index (χ1n) is 6.09. The van der Waals surface area contributed by atoms with E-state index >= 15 is 0 Å². The molecule has 19 heavy (non-hydrogen) atoms. The summed E-state index contributed by atoms with van der Waals surface area (Å²) in [4.78, 5) is 11.9. The third-order valence-corrected chi connectivity index (χ3v) is 3.75. The fraction of sp³-hybridized carbons (Fsp3) is 0.429. The highest BCUT2D eigenvalue weighted by atomic mass is 32.2. The lowest BCUT2D eigenvalue weighted by Gasteiger charge is -2.11. The minimum Gasteiger partial charge on any atom is -0.385 e. The van der Waals surface area contributed by atoms with E-state index in [1.54, 1.807) is 43.1 Å². The topological polar surface area (TPSA) is 62.1 Å². The van der Waals surface area contributed by atoms with Crippen LogP contribution in [0.5, 0.6) is 0 Å². The number of thioether (sulfide) groups is 1. The number of carbonyl (C=O) groups is 1. The van der Waals surface area contributed by atoms with Gasteiger partial charge in [-0.05, 0) is 43.4 Å². The molecule has 1 N–H and O–H groups in total. The number of nitrogens with zero attached hydrogens (tertiary/aromatic N) is 1. The van der Waals surface area contributed by atoms with Gasteiger partial charge in [-0.1, -0.05) is 0 Å². The van der Waals surface area contributed by atoms with Crippen molar-refractivity contribution in [1.29, 1.82) is 5.26 Å². The fourth-order valence-electron chi connectivity index (χ4n) is 1.41. The molecular formula is C14H18N2O2S. The van der Waals surface area contributed by atoms with E-state index in [9.17, 15) is 4.79 Å². The van der Waals surface area contributed by atoms with Gasteiger partial charge in [-0.2, -0.15) is 5.26 Å². The Balaban J connectivity index is 2.38. The predicted octanol–water partition coefficient (Wildman–Crippen LogP) is 2.65. The molecule has 5 heteroatoms. The van der Waals surface area contributed by atoms with Crippen molar-refractivity contribution in [3.05, 3.63) is 29.8 Å². The Bertz CT molecular complexity index is 440. The lowest BCUT2D eigenvalue weighted by Crippen LogP contribution is -2.22. The normalized spacial score (nSPS) is 11.6. The van der Waals surface area contributed by atoms with Gasteiger partial charge in [-0.3, -0.25) is 4.79 Å². The van der Waals surface area contributed by atoms with Gasteiger partial charge in [0.2, 0.25) is 5.91 Å². The van der Waals surface area contributed by atoms with E-state index in [2.05, 4.69) is 5.32 Å². The van der Waals surface area contributed by atoms with Crippen molar-refractivity contribution in [2.75, 3.05) is 24.8 Å². The highest BCUT2D eigenvalue weighted by Crippen LogP contribution is 2.15. The van der Waals surface area contributed by atoms with Gasteiger partial charge in [0.25, 0.3) is 0 Å². The fourth-order valence-corrected chi connectivity index (χ4v) is 2.26. The molecule has 1 atom stereocenters. The second-order valence-corrected chi connectivity index (χ2v) is 5.49. The van der Waals surface area contributed by atoms with Crippen LogP contribution in [0.25, 0.3) is 0 Å². The minimum absolute atomic E-state index is 0.0212. The van der Waals surface area contributed by atoms with E-state index in [0.717, 1.165) is 18.8 Å². The first-order chi connectivity index (χ1) is 9.17. The Morgan fingerprint density at radius 3 is 2.74 bits per heavy atom. The van der Waals surface area contributed by atoms with Crippen LogP contribution in [-0.2, 0) is 9.53 Å². The van der Waals surface area contributed by atoms with Gasteiger partial charge in [-0.15, -0.1) is 11.8 Å². The summed E-state index contributed by atoms with van der Waals surface area (Å²) < 4.78 is 4.96. The molecule has 0 aliphatic heterocycles. The third kappa shape index (κ3) is 5.77. The molecule has 0 spiro atoms. The largest absolute Gasteiger partial charge is 0.385 e. The van der Waals surface area contributed by atoms with E-state index < -0.39 is 0 Å². The highest BCUT2D eigenvalue weighted by molar-refractivity contribution is 8.00. The molecule has 0 saturated carbocycles. The van der Waals surface area contributed by atoms with E-state index in [-0.39, 0.29) is 11.2 Å². The molecule has 0 aliphatic rings. The van der Waals surface area contributed by atoms with Crippen LogP contribution in [0.1, 0.15) is 18.9 Å². The molecule has 0 aromatic heterocycles.